The van der Waals surface area contributed by atoms with E-state index in [1.165, 1.54) is 6.07 Å². The second kappa shape index (κ2) is 5.96. The zero-order valence-electron chi connectivity index (χ0n) is 11.5. The van der Waals surface area contributed by atoms with E-state index in [2.05, 4.69) is 4.98 Å². The van der Waals surface area contributed by atoms with Crippen molar-refractivity contribution in [2.45, 2.75) is 13.8 Å². The Balaban J connectivity index is 2.57. The topological polar surface area (TPSA) is 111 Å². The SMILES string of the molecule is CCOC(=O)c1sc2[nH]c(=O)c(C(=O)OCC)cc2c1N. The summed E-state index contributed by atoms with van der Waals surface area (Å²) in [6, 6.07) is 1.33. The summed E-state index contributed by atoms with van der Waals surface area (Å²) in [7, 11) is 0. The summed E-state index contributed by atoms with van der Waals surface area (Å²) in [5.41, 5.74) is 5.34. The van der Waals surface area contributed by atoms with Crippen LogP contribution in [0, 0.1) is 0 Å². The zero-order chi connectivity index (χ0) is 15.6. The Hall–Kier alpha value is -2.35. The maximum absolute atomic E-state index is 11.9. The number of esters is 2. The highest BCUT2D eigenvalue weighted by atomic mass is 32.1. The molecule has 0 atom stereocenters. The van der Waals surface area contributed by atoms with Crippen LogP contribution in [0.3, 0.4) is 0 Å². The van der Waals surface area contributed by atoms with Crippen LogP contribution in [-0.4, -0.2) is 30.1 Å². The number of nitrogen functional groups attached to an aromatic ring is 1. The van der Waals surface area contributed by atoms with Crippen LogP contribution < -0.4 is 11.3 Å². The molecule has 0 aliphatic rings. The predicted molar refractivity (Wildman–Crippen MR) is 78.8 cm³/mol. The molecular weight excluding hydrogens is 296 g/mol. The van der Waals surface area contributed by atoms with Crippen LogP contribution in [-0.2, 0) is 9.47 Å². The minimum Gasteiger partial charge on any atom is -0.462 e. The smallest absolute Gasteiger partial charge is 0.350 e. The number of rotatable bonds is 4. The van der Waals surface area contributed by atoms with Crippen molar-refractivity contribution in [2.75, 3.05) is 18.9 Å². The number of thiophene rings is 1. The maximum Gasteiger partial charge on any atom is 0.350 e. The van der Waals surface area contributed by atoms with Gasteiger partial charge < -0.3 is 20.2 Å². The normalized spacial score (nSPS) is 10.6. The first-order valence-electron chi connectivity index (χ1n) is 6.29. The van der Waals surface area contributed by atoms with Crippen molar-refractivity contribution in [2.24, 2.45) is 0 Å². The van der Waals surface area contributed by atoms with Crippen molar-refractivity contribution < 1.29 is 19.1 Å². The third-order valence-corrected chi connectivity index (χ3v) is 3.82. The minimum absolute atomic E-state index is 0.149. The number of hydrogen-bond acceptors (Lipinski definition) is 7. The van der Waals surface area contributed by atoms with Gasteiger partial charge >= 0.3 is 11.9 Å². The van der Waals surface area contributed by atoms with Crippen LogP contribution in [0.5, 0.6) is 0 Å². The van der Waals surface area contributed by atoms with Crippen molar-refractivity contribution in [3.8, 4) is 0 Å². The molecule has 0 spiro atoms. The van der Waals surface area contributed by atoms with Gasteiger partial charge in [0, 0.05) is 5.39 Å². The first kappa shape index (κ1) is 15.0. The lowest BCUT2D eigenvalue weighted by Crippen LogP contribution is -2.19. The molecule has 0 radical (unpaired) electrons. The zero-order valence-corrected chi connectivity index (χ0v) is 12.3. The lowest BCUT2D eigenvalue weighted by molar-refractivity contribution is 0.0518. The molecule has 0 amide bonds. The number of hydrogen-bond donors (Lipinski definition) is 2. The van der Waals surface area contributed by atoms with E-state index in [1.807, 2.05) is 0 Å². The molecule has 0 aromatic carbocycles. The minimum atomic E-state index is -0.732. The summed E-state index contributed by atoms with van der Waals surface area (Å²) in [4.78, 5) is 38.5. The first-order valence-corrected chi connectivity index (χ1v) is 7.10. The molecular formula is C13H14N2O5S. The van der Waals surface area contributed by atoms with Gasteiger partial charge in [-0.15, -0.1) is 11.3 Å². The third kappa shape index (κ3) is 2.75. The summed E-state index contributed by atoms with van der Waals surface area (Å²) in [5, 5.41) is 0.422. The molecule has 2 rings (SSSR count). The van der Waals surface area contributed by atoms with Crippen LogP contribution in [0.4, 0.5) is 5.69 Å². The van der Waals surface area contributed by atoms with E-state index in [9.17, 15) is 14.4 Å². The van der Waals surface area contributed by atoms with E-state index in [-0.39, 0.29) is 29.3 Å². The number of pyridine rings is 1. The highest BCUT2D eigenvalue weighted by molar-refractivity contribution is 7.21. The monoisotopic (exact) mass is 310 g/mol. The molecule has 2 aromatic rings. The van der Waals surface area contributed by atoms with Crippen LogP contribution >= 0.6 is 11.3 Å². The molecule has 21 heavy (non-hydrogen) atoms. The molecule has 112 valence electrons. The molecule has 8 heteroatoms. The van der Waals surface area contributed by atoms with Gasteiger partial charge in [0.1, 0.15) is 15.3 Å². The molecule has 2 heterocycles. The van der Waals surface area contributed by atoms with E-state index in [0.29, 0.717) is 10.2 Å². The highest BCUT2D eigenvalue weighted by Gasteiger charge is 2.21. The highest BCUT2D eigenvalue weighted by Crippen LogP contribution is 2.32. The third-order valence-electron chi connectivity index (χ3n) is 2.70. The summed E-state index contributed by atoms with van der Waals surface area (Å²) in [6.07, 6.45) is 0. The Labute approximate surface area is 123 Å². The molecule has 0 bridgehead atoms. The molecule has 3 N–H and O–H groups in total. The van der Waals surface area contributed by atoms with Crippen molar-refractivity contribution in [1.29, 1.82) is 0 Å². The lowest BCUT2D eigenvalue weighted by Gasteiger charge is -2.01. The van der Waals surface area contributed by atoms with Crippen molar-refractivity contribution in [3.63, 3.8) is 0 Å². The van der Waals surface area contributed by atoms with Gasteiger partial charge in [-0.05, 0) is 19.9 Å². The fourth-order valence-corrected chi connectivity index (χ4v) is 2.77. The van der Waals surface area contributed by atoms with Crippen molar-refractivity contribution in [3.05, 3.63) is 26.9 Å². The van der Waals surface area contributed by atoms with E-state index >= 15 is 0 Å². The number of aromatic amines is 1. The van der Waals surface area contributed by atoms with Gasteiger partial charge in [0.15, 0.2) is 0 Å². The molecule has 0 aliphatic heterocycles. The van der Waals surface area contributed by atoms with Crippen LogP contribution in [0.25, 0.3) is 10.2 Å². The summed E-state index contributed by atoms with van der Waals surface area (Å²) in [5.74, 6) is -1.29. The Kier molecular flexibility index (Phi) is 4.27. The quantitative estimate of drug-likeness (QED) is 0.828. The van der Waals surface area contributed by atoms with Gasteiger partial charge in [-0.25, -0.2) is 9.59 Å². The Morgan fingerprint density at radius 2 is 1.86 bits per heavy atom. The molecule has 0 saturated heterocycles. The van der Waals surface area contributed by atoms with Gasteiger partial charge in [0.05, 0.1) is 18.9 Å². The summed E-state index contributed by atoms with van der Waals surface area (Å²) in [6.45, 7) is 3.70. The predicted octanol–water partition coefficient (Wildman–Crippen LogP) is 1.53. The molecule has 7 nitrogen and oxygen atoms in total. The number of fused-ring (bicyclic) bond motifs is 1. The van der Waals surface area contributed by atoms with Crippen LogP contribution in [0.1, 0.15) is 33.9 Å². The average molecular weight is 310 g/mol. The maximum atomic E-state index is 11.9. The van der Waals surface area contributed by atoms with Crippen LogP contribution in [0.2, 0.25) is 0 Å². The van der Waals surface area contributed by atoms with Gasteiger partial charge in [0.2, 0.25) is 0 Å². The fourth-order valence-electron chi connectivity index (χ4n) is 1.78. The molecule has 0 unspecified atom stereocenters. The van der Waals surface area contributed by atoms with Crippen molar-refractivity contribution in [1.82, 2.24) is 4.98 Å². The van der Waals surface area contributed by atoms with Crippen molar-refractivity contribution >= 4 is 39.2 Å². The number of H-pyrrole nitrogens is 1. The Morgan fingerprint density at radius 3 is 2.48 bits per heavy atom. The first-order chi connectivity index (χ1) is 9.99. The summed E-state index contributed by atoms with van der Waals surface area (Å²) >= 11 is 1.01. The van der Waals surface area contributed by atoms with E-state index in [0.717, 1.165) is 11.3 Å². The molecule has 0 saturated carbocycles. The Morgan fingerprint density at radius 1 is 1.24 bits per heavy atom. The largest absolute Gasteiger partial charge is 0.462 e. The van der Waals surface area contributed by atoms with E-state index in [1.54, 1.807) is 13.8 Å². The number of nitrogens with one attached hydrogen (secondary N) is 1. The van der Waals surface area contributed by atoms with Gasteiger partial charge in [-0.2, -0.15) is 0 Å². The number of carbonyl (C=O) groups is 2. The number of ether oxygens (including phenoxy) is 2. The molecule has 0 aliphatic carbocycles. The van der Waals surface area contributed by atoms with E-state index in [4.69, 9.17) is 15.2 Å². The molecule has 0 fully saturated rings. The molecule has 2 aromatic heterocycles. The second-order valence-corrected chi connectivity index (χ2v) is 5.06. The van der Waals surface area contributed by atoms with E-state index < -0.39 is 17.5 Å². The Bertz CT molecular complexity index is 762. The number of carbonyl (C=O) groups excluding carboxylic acids is 2. The van der Waals surface area contributed by atoms with Gasteiger partial charge in [-0.3, -0.25) is 4.79 Å². The van der Waals surface area contributed by atoms with Gasteiger partial charge in [-0.1, -0.05) is 0 Å². The number of nitrogens with two attached hydrogens (primary N) is 1. The fraction of sp³-hybridized carbons (Fsp3) is 0.308. The lowest BCUT2D eigenvalue weighted by atomic mass is 10.2. The average Bonchev–Trinajstić information content (AvgIpc) is 2.75. The van der Waals surface area contributed by atoms with Crippen LogP contribution in [0.15, 0.2) is 10.9 Å². The summed E-state index contributed by atoms with van der Waals surface area (Å²) < 4.78 is 9.70. The second-order valence-electron chi connectivity index (χ2n) is 4.04. The number of anilines is 1. The van der Waals surface area contributed by atoms with Gasteiger partial charge in [0.25, 0.3) is 5.56 Å². The number of aromatic nitrogens is 1. The standard InChI is InChI=1S/C13H14N2O5S/c1-3-19-12(17)7-5-6-8(14)9(13(18)20-4-2)21-11(6)15-10(7)16/h5H,3-4,14H2,1-2H3,(H,15,16).